The molecular formula is C14H15FN4. The van der Waals surface area contributed by atoms with Gasteiger partial charge in [-0.15, -0.1) is 0 Å². The Morgan fingerprint density at radius 1 is 1.42 bits per heavy atom. The fourth-order valence-electron chi connectivity index (χ4n) is 1.96. The summed E-state index contributed by atoms with van der Waals surface area (Å²) in [4.78, 5) is 5.92. The van der Waals surface area contributed by atoms with Crippen LogP contribution in [-0.4, -0.2) is 17.4 Å². The lowest BCUT2D eigenvalue weighted by molar-refractivity contribution is 0.627. The van der Waals surface area contributed by atoms with Crippen LogP contribution in [0.5, 0.6) is 0 Å². The molecule has 0 saturated heterocycles. The summed E-state index contributed by atoms with van der Waals surface area (Å²) in [7, 11) is 0. The maximum absolute atomic E-state index is 13.3. The molecule has 0 aliphatic carbocycles. The fourth-order valence-corrected chi connectivity index (χ4v) is 1.96. The number of nitrogens with two attached hydrogens (primary N) is 1. The van der Waals surface area contributed by atoms with Crippen molar-refractivity contribution in [3.05, 3.63) is 54.1 Å². The van der Waals surface area contributed by atoms with Gasteiger partial charge >= 0.3 is 0 Å². The van der Waals surface area contributed by atoms with Crippen LogP contribution in [0, 0.1) is 11.2 Å². The molecule has 0 unspecified atom stereocenters. The van der Waals surface area contributed by atoms with Crippen LogP contribution >= 0.6 is 0 Å². The molecular weight excluding hydrogens is 243 g/mol. The average Bonchev–Trinajstić information content (AvgIpc) is 2.40. The number of pyridine rings is 1. The van der Waals surface area contributed by atoms with Gasteiger partial charge in [0.15, 0.2) is 0 Å². The molecule has 1 aromatic carbocycles. The molecule has 3 N–H and O–H groups in total. The van der Waals surface area contributed by atoms with E-state index in [1.165, 1.54) is 12.1 Å². The minimum atomic E-state index is -0.302. The quantitative estimate of drug-likeness (QED) is 0.654. The maximum Gasteiger partial charge on any atom is 0.125 e. The van der Waals surface area contributed by atoms with Gasteiger partial charge in [-0.3, -0.25) is 10.4 Å². The van der Waals surface area contributed by atoms with E-state index < -0.39 is 0 Å². The number of rotatable bonds is 4. The van der Waals surface area contributed by atoms with Crippen molar-refractivity contribution in [1.29, 1.82) is 5.41 Å². The van der Waals surface area contributed by atoms with Crippen molar-refractivity contribution >= 4 is 17.2 Å². The van der Waals surface area contributed by atoms with Crippen LogP contribution in [0.3, 0.4) is 0 Å². The third kappa shape index (κ3) is 2.70. The minimum Gasteiger partial charge on any atom is -0.384 e. The smallest absolute Gasteiger partial charge is 0.125 e. The van der Waals surface area contributed by atoms with Crippen molar-refractivity contribution < 1.29 is 4.39 Å². The number of aromatic nitrogens is 1. The first-order valence-electron chi connectivity index (χ1n) is 5.95. The number of benzene rings is 1. The molecule has 4 nitrogen and oxygen atoms in total. The van der Waals surface area contributed by atoms with Crippen LogP contribution in [0.1, 0.15) is 12.5 Å². The lowest BCUT2D eigenvalue weighted by atomic mass is 10.1. The van der Waals surface area contributed by atoms with Crippen molar-refractivity contribution in [2.45, 2.75) is 6.92 Å². The number of nitrogen functional groups attached to an aromatic ring is 1. The number of nitrogens with zero attached hydrogens (tertiary/aromatic N) is 2. The van der Waals surface area contributed by atoms with E-state index in [9.17, 15) is 4.39 Å². The Labute approximate surface area is 111 Å². The first-order valence-corrected chi connectivity index (χ1v) is 5.95. The predicted molar refractivity (Wildman–Crippen MR) is 74.3 cm³/mol. The van der Waals surface area contributed by atoms with Gasteiger partial charge in [-0.2, -0.15) is 0 Å². The van der Waals surface area contributed by atoms with E-state index in [0.717, 1.165) is 0 Å². The molecule has 0 spiro atoms. The number of hydrogen-bond donors (Lipinski definition) is 2. The Morgan fingerprint density at radius 3 is 2.84 bits per heavy atom. The lowest BCUT2D eigenvalue weighted by Gasteiger charge is -2.25. The van der Waals surface area contributed by atoms with Gasteiger partial charge in [-0.25, -0.2) is 4.39 Å². The van der Waals surface area contributed by atoms with Gasteiger partial charge in [-0.1, -0.05) is 6.07 Å². The van der Waals surface area contributed by atoms with Gasteiger partial charge in [0.25, 0.3) is 0 Å². The Morgan fingerprint density at radius 2 is 2.21 bits per heavy atom. The summed E-state index contributed by atoms with van der Waals surface area (Å²) in [5, 5.41) is 7.60. The van der Waals surface area contributed by atoms with Gasteiger partial charge in [0.1, 0.15) is 11.7 Å². The number of nitrogens with one attached hydrogen (secondary N) is 1. The molecule has 0 aliphatic heterocycles. The number of hydrogen-bond acceptors (Lipinski definition) is 3. The highest BCUT2D eigenvalue weighted by Gasteiger charge is 2.14. The van der Waals surface area contributed by atoms with Crippen LogP contribution < -0.4 is 10.6 Å². The molecule has 0 radical (unpaired) electrons. The van der Waals surface area contributed by atoms with Crippen molar-refractivity contribution in [2.75, 3.05) is 11.4 Å². The highest BCUT2D eigenvalue weighted by Crippen LogP contribution is 2.27. The molecule has 0 amide bonds. The van der Waals surface area contributed by atoms with E-state index in [1.807, 2.05) is 17.9 Å². The summed E-state index contributed by atoms with van der Waals surface area (Å²) >= 11 is 0. The first-order chi connectivity index (χ1) is 9.13. The van der Waals surface area contributed by atoms with Gasteiger partial charge in [0, 0.05) is 24.0 Å². The summed E-state index contributed by atoms with van der Waals surface area (Å²) in [6.45, 7) is 2.57. The van der Waals surface area contributed by atoms with Crippen LogP contribution in [0.4, 0.5) is 15.8 Å². The number of anilines is 2. The summed E-state index contributed by atoms with van der Waals surface area (Å²) in [6, 6.07) is 7.98. The summed E-state index contributed by atoms with van der Waals surface area (Å²) < 4.78 is 13.3. The second-order valence-corrected chi connectivity index (χ2v) is 4.03. The molecule has 19 heavy (non-hydrogen) atoms. The normalized spacial score (nSPS) is 10.2. The minimum absolute atomic E-state index is 0.0350. The SMILES string of the molecule is CCN(c1cccc(F)c1)c1cnccc1C(=N)N. The lowest BCUT2D eigenvalue weighted by Crippen LogP contribution is -2.22. The number of amidine groups is 1. The van der Waals surface area contributed by atoms with Crippen LogP contribution in [-0.2, 0) is 0 Å². The molecule has 0 saturated carbocycles. The Hall–Kier alpha value is -2.43. The topological polar surface area (TPSA) is 66.0 Å². The van der Waals surface area contributed by atoms with E-state index in [0.29, 0.717) is 23.5 Å². The zero-order valence-electron chi connectivity index (χ0n) is 10.6. The highest BCUT2D eigenvalue weighted by atomic mass is 19.1. The first kappa shape index (κ1) is 13.0. The summed E-state index contributed by atoms with van der Waals surface area (Å²) in [6.07, 6.45) is 3.21. The average molecular weight is 258 g/mol. The highest BCUT2D eigenvalue weighted by molar-refractivity contribution is 6.01. The van der Waals surface area contributed by atoms with Crippen LogP contribution in [0.25, 0.3) is 0 Å². The molecule has 5 heteroatoms. The van der Waals surface area contributed by atoms with E-state index in [2.05, 4.69) is 4.98 Å². The molecule has 0 bridgehead atoms. The Bertz CT molecular complexity index is 598. The van der Waals surface area contributed by atoms with Gasteiger partial charge in [-0.05, 0) is 31.2 Å². The third-order valence-electron chi connectivity index (χ3n) is 2.82. The van der Waals surface area contributed by atoms with Crippen LogP contribution in [0.15, 0.2) is 42.7 Å². The Kier molecular flexibility index (Phi) is 3.75. The monoisotopic (exact) mass is 258 g/mol. The predicted octanol–water partition coefficient (Wildman–Crippen LogP) is 2.66. The standard InChI is InChI=1S/C14H15FN4/c1-2-19(11-5-3-4-10(15)8-11)13-9-18-7-6-12(13)14(16)17/h3-9H,2H2,1H3,(H3,16,17). The number of halogens is 1. The zero-order chi connectivity index (χ0) is 13.8. The van der Waals surface area contributed by atoms with Crippen LogP contribution in [0.2, 0.25) is 0 Å². The van der Waals surface area contributed by atoms with Gasteiger partial charge < -0.3 is 10.6 Å². The summed E-state index contributed by atoms with van der Waals surface area (Å²) in [5.74, 6) is -0.337. The third-order valence-corrected chi connectivity index (χ3v) is 2.82. The Balaban J connectivity index is 2.51. The molecule has 1 heterocycles. The van der Waals surface area contributed by atoms with E-state index in [4.69, 9.17) is 11.1 Å². The van der Waals surface area contributed by atoms with Gasteiger partial charge in [0.2, 0.25) is 0 Å². The van der Waals surface area contributed by atoms with Gasteiger partial charge in [0.05, 0.1) is 11.9 Å². The molecule has 0 fully saturated rings. The fraction of sp³-hybridized carbons (Fsp3) is 0.143. The van der Waals surface area contributed by atoms with Crippen molar-refractivity contribution in [1.82, 2.24) is 4.98 Å². The molecule has 0 atom stereocenters. The van der Waals surface area contributed by atoms with Crippen molar-refractivity contribution in [3.63, 3.8) is 0 Å². The van der Waals surface area contributed by atoms with E-state index in [1.54, 1.807) is 24.5 Å². The zero-order valence-corrected chi connectivity index (χ0v) is 10.6. The largest absolute Gasteiger partial charge is 0.384 e. The van der Waals surface area contributed by atoms with E-state index >= 15 is 0 Å². The maximum atomic E-state index is 13.3. The molecule has 0 aliphatic rings. The van der Waals surface area contributed by atoms with Crippen molar-refractivity contribution in [3.8, 4) is 0 Å². The molecule has 1 aromatic heterocycles. The molecule has 2 aromatic rings. The van der Waals surface area contributed by atoms with Crippen molar-refractivity contribution in [2.24, 2.45) is 5.73 Å². The molecule has 2 rings (SSSR count). The second kappa shape index (κ2) is 5.48. The molecule has 98 valence electrons. The van der Waals surface area contributed by atoms with E-state index in [-0.39, 0.29) is 11.7 Å². The summed E-state index contributed by atoms with van der Waals surface area (Å²) in [5.41, 5.74) is 7.56. The second-order valence-electron chi connectivity index (χ2n) is 4.03.